The molecule has 0 radical (unpaired) electrons. The summed E-state index contributed by atoms with van der Waals surface area (Å²) in [5.74, 6) is 0.874. The maximum atomic E-state index is 12.9. The molecule has 1 aliphatic heterocycles. The van der Waals surface area contributed by atoms with E-state index < -0.39 is 0 Å². The van der Waals surface area contributed by atoms with Crippen LogP contribution in [0.5, 0.6) is 5.75 Å². The van der Waals surface area contributed by atoms with E-state index in [1.165, 1.54) is 0 Å². The van der Waals surface area contributed by atoms with Gasteiger partial charge in [0.05, 0.1) is 7.11 Å². The molecule has 3 aromatic carbocycles. The zero-order valence-electron chi connectivity index (χ0n) is 17.8. The van der Waals surface area contributed by atoms with Crippen molar-refractivity contribution >= 4 is 11.6 Å². The van der Waals surface area contributed by atoms with Crippen LogP contribution in [0.15, 0.2) is 84.9 Å². The fourth-order valence-electron chi connectivity index (χ4n) is 3.91. The molecule has 0 N–H and O–H groups in total. The quantitative estimate of drug-likeness (QED) is 0.580. The first-order chi connectivity index (χ1) is 15.2. The van der Waals surface area contributed by atoms with Crippen LogP contribution in [0.2, 0.25) is 0 Å². The Balaban J connectivity index is 1.36. The first-order valence-electron chi connectivity index (χ1n) is 10.6. The average molecular weight is 417 g/mol. The molecule has 160 valence electrons. The fourth-order valence-corrected chi connectivity index (χ4v) is 3.91. The summed E-state index contributed by atoms with van der Waals surface area (Å²) in [6.07, 6.45) is -0.260. The molecule has 0 unspecified atom stereocenters. The summed E-state index contributed by atoms with van der Waals surface area (Å²) in [4.78, 5) is 17.0. The molecule has 0 atom stereocenters. The Morgan fingerprint density at radius 1 is 0.839 bits per heavy atom. The molecule has 0 saturated carbocycles. The first kappa shape index (κ1) is 20.9. The predicted octanol–water partition coefficient (Wildman–Crippen LogP) is 4.15. The molecule has 5 heteroatoms. The lowest BCUT2D eigenvalue weighted by Gasteiger charge is -2.36. The van der Waals surface area contributed by atoms with Gasteiger partial charge in [-0.25, -0.2) is 0 Å². The molecule has 0 spiro atoms. The third-order valence-corrected chi connectivity index (χ3v) is 5.63. The molecular weight excluding hydrogens is 388 g/mol. The molecule has 31 heavy (non-hydrogen) atoms. The monoisotopic (exact) mass is 416 g/mol. The molecule has 0 aliphatic carbocycles. The van der Waals surface area contributed by atoms with E-state index in [1.807, 2.05) is 83.8 Å². The maximum Gasteiger partial charge on any atom is 0.248 e. The Kier molecular flexibility index (Phi) is 6.85. The minimum atomic E-state index is -0.260. The van der Waals surface area contributed by atoms with Crippen LogP contribution >= 0.6 is 0 Å². The van der Waals surface area contributed by atoms with Crippen molar-refractivity contribution in [3.05, 3.63) is 96.1 Å². The molecule has 1 heterocycles. The highest BCUT2D eigenvalue weighted by Crippen LogP contribution is 2.26. The van der Waals surface area contributed by atoms with Crippen LogP contribution in [0.25, 0.3) is 0 Å². The number of methoxy groups -OCH3 is 1. The van der Waals surface area contributed by atoms with E-state index in [-0.39, 0.29) is 18.6 Å². The number of benzene rings is 3. The average Bonchev–Trinajstić information content (AvgIpc) is 2.85. The Morgan fingerprint density at radius 3 is 2.03 bits per heavy atom. The molecule has 0 bridgehead atoms. The van der Waals surface area contributed by atoms with E-state index in [0.717, 1.165) is 35.7 Å². The van der Waals surface area contributed by atoms with E-state index >= 15 is 0 Å². The highest BCUT2D eigenvalue weighted by atomic mass is 16.5. The van der Waals surface area contributed by atoms with Gasteiger partial charge in [0.1, 0.15) is 18.5 Å². The van der Waals surface area contributed by atoms with Crippen LogP contribution < -0.4 is 9.64 Å². The zero-order chi connectivity index (χ0) is 21.5. The molecule has 1 fully saturated rings. The van der Waals surface area contributed by atoms with Crippen LogP contribution in [-0.4, -0.2) is 50.7 Å². The van der Waals surface area contributed by atoms with Crippen molar-refractivity contribution in [3.8, 4) is 5.75 Å². The van der Waals surface area contributed by atoms with Gasteiger partial charge in [-0.05, 0) is 23.3 Å². The Bertz CT molecular complexity index is 931. The van der Waals surface area contributed by atoms with E-state index in [0.29, 0.717) is 13.1 Å². The van der Waals surface area contributed by atoms with E-state index in [4.69, 9.17) is 9.47 Å². The van der Waals surface area contributed by atoms with Gasteiger partial charge in [-0.2, -0.15) is 0 Å². The van der Waals surface area contributed by atoms with Crippen molar-refractivity contribution in [2.75, 3.05) is 44.8 Å². The van der Waals surface area contributed by atoms with Gasteiger partial charge in [0, 0.05) is 37.9 Å². The summed E-state index contributed by atoms with van der Waals surface area (Å²) in [6.45, 7) is 3.01. The number of amides is 1. The minimum absolute atomic E-state index is 0.0298. The van der Waals surface area contributed by atoms with Crippen molar-refractivity contribution in [2.45, 2.75) is 6.10 Å². The number of rotatable bonds is 7. The normalized spacial score (nSPS) is 14.0. The lowest BCUT2D eigenvalue weighted by molar-refractivity contribution is -0.137. The number of carbonyl (C=O) groups is 1. The lowest BCUT2D eigenvalue weighted by Crippen LogP contribution is -2.49. The SMILES string of the molecule is COc1cccc(N2CCN(C(=O)COC(c3ccccc3)c3ccccc3)CC2)c1. The van der Waals surface area contributed by atoms with Crippen molar-refractivity contribution in [3.63, 3.8) is 0 Å². The number of nitrogens with zero attached hydrogens (tertiary/aromatic N) is 2. The number of anilines is 1. The summed E-state index contributed by atoms with van der Waals surface area (Å²) in [5.41, 5.74) is 3.21. The second kappa shape index (κ2) is 10.1. The van der Waals surface area contributed by atoms with Crippen LogP contribution in [-0.2, 0) is 9.53 Å². The number of ether oxygens (including phenoxy) is 2. The zero-order valence-corrected chi connectivity index (χ0v) is 17.8. The largest absolute Gasteiger partial charge is 0.497 e. The number of carbonyl (C=O) groups excluding carboxylic acids is 1. The summed E-state index contributed by atoms with van der Waals surface area (Å²) in [5, 5.41) is 0. The smallest absolute Gasteiger partial charge is 0.248 e. The highest BCUT2D eigenvalue weighted by Gasteiger charge is 2.23. The van der Waals surface area contributed by atoms with Gasteiger partial charge < -0.3 is 19.3 Å². The molecule has 1 saturated heterocycles. The molecule has 5 nitrogen and oxygen atoms in total. The molecule has 1 aliphatic rings. The number of hydrogen-bond acceptors (Lipinski definition) is 4. The van der Waals surface area contributed by atoms with E-state index in [9.17, 15) is 4.79 Å². The predicted molar refractivity (Wildman–Crippen MR) is 122 cm³/mol. The van der Waals surface area contributed by atoms with Crippen molar-refractivity contribution < 1.29 is 14.3 Å². The molecular formula is C26H28N2O3. The van der Waals surface area contributed by atoms with Crippen LogP contribution in [0.3, 0.4) is 0 Å². The van der Waals surface area contributed by atoms with Crippen LogP contribution in [0, 0.1) is 0 Å². The van der Waals surface area contributed by atoms with Gasteiger partial charge in [0.25, 0.3) is 0 Å². The summed E-state index contributed by atoms with van der Waals surface area (Å²) >= 11 is 0. The van der Waals surface area contributed by atoms with Crippen molar-refractivity contribution in [1.82, 2.24) is 4.90 Å². The van der Waals surface area contributed by atoms with Crippen LogP contribution in [0.4, 0.5) is 5.69 Å². The lowest BCUT2D eigenvalue weighted by atomic mass is 10.0. The van der Waals surface area contributed by atoms with Crippen molar-refractivity contribution in [2.24, 2.45) is 0 Å². The summed E-state index contributed by atoms with van der Waals surface area (Å²) in [6, 6.07) is 28.1. The second-order valence-electron chi connectivity index (χ2n) is 7.58. The van der Waals surface area contributed by atoms with E-state index in [2.05, 4.69) is 11.0 Å². The minimum Gasteiger partial charge on any atom is -0.497 e. The van der Waals surface area contributed by atoms with Crippen molar-refractivity contribution in [1.29, 1.82) is 0 Å². The molecule has 3 aromatic rings. The Labute approximate surface area is 183 Å². The maximum absolute atomic E-state index is 12.9. The number of piperazine rings is 1. The van der Waals surface area contributed by atoms with Gasteiger partial charge in [0.2, 0.25) is 5.91 Å². The van der Waals surface area contributed by atoms with Gasteiger partial charge in [-0.15, -0.1) is 0 Å². The molecule has 1 amide bonds. The highest BCUT2D eigenvalue weighted by molar-refractivity contribution is 5.78. The Morgan fingerprint density at radius 2 is 1.45 bits per heavy atom. The van der Waals surface area contributed by atoms with Gasteiger partial charge >= 0.3 is 0 Å². The number of hydrogen-bond donors (Lipinski definition) is 0. The molecule has 4 rings (SSSR count). The van der Waals surface area contributed by atoms with Crippen LogP contribution in [0.1, 0.15) is 17.2 Å². The van der Waals surface area contributed by atoms with Gasteiger partial charge in [-0.1, -0.05) is 66.7 Å². The van der Waals surface area contributed by atoms with Gasteiger partial charge in [-0.3, -0.25) is 4.79 Å². The van der Waals surface area contributed by atoms with Gasteiger partial charge in [0.15, 0.2) is 0 Å². The Hall–Kier alpha value is -3.31. The standard InChI is InChI=1S/C26H28N2O3/c1-30-24-14-8-13-23(19-24)27-15-17-28(18-16-27)25(29)20-31-26(21-9-4-2-5-10-21)22-11-6-3-7-12-22/h2-14,19,26H,15-18,20H2,1H3. The fraction of sp³-hybridized carbons (Fsp3) is 0.269. The third kappa shape index (κ3) is 5.25. The summed E-state index contributed by atoms with van der Waals surface area (Å²) < 4.78 is 11.5. The topological polar surface area (TPSA) is 42.0 Å². The first-order valence-corrected chi connectivity index (χ1v) is 10.6. The molecule has 0 aromatic heterocycles. The second-order valence-corrected chi connectivity index (χ2v) is 7.58. The third-order valence-electron chi connectivity index (χ3n) is 5.63. The summed E-state index contributed by atoms with van der Waals surface area (Å²) in [7, 11) is 1.67. The van der Waals surface area contributed by atoms with E-state index in [1.54, 1.807) is 7.11 Å².